The maximum Gasteiger partial charge on any atom is 0.238 e. The predicted octanol–water partition coefficient (Wildman–Crippen LogP) is 0.896. The number of carbonyl (C=O) groups excluding carboxylic acids is 1. The van der Waals surface area contributed by atoms with Gasteiger partial charge >= 0.3 is 0 Å². The van der Waals surface area contributed by atoms with Gasteiger partial charge in [-0.15, -0.1) is 6.42 Å². The largest absolute Gasteiger partial charge is 0.322 e. The van der Waals surface area contributed by atoms with Crippen LogP contribution in [0.15, 0.2) is 18.5 Å². The van der Waals surface area contributed by atoms with Crippen LogP contribution in [0.25, 0.3) is 0 Å². The topological polar surface area (TPSA) is 54.0 Å². The van der Waals surface area contributed by atoms with E-state index in [4.69, 9.17) is 18.0 Å². The van der Waals surface area contributed by atoms with Gasteiger partial charge in [0, 0.05) is 6.20 Å². The number of hydrogen-bond donors (Lipinski definition) is 2. The van der Waals surface area contributed by atoms with E-state index in [1.165, 1.54) is 6.20 Å². The van der Waals surface area contributed by atoms with E-state index in [0.717, 1.165) is 0 Å². The Kier molecular flexibility index (Phi) is 4.61. The highest BCUT2D eigenvalue weighted by atomic mass is 35.5. The van der Waals surface area contributed by atoms with E-state index in [-0.39, 0.29) is 12.5 Å². The number of pyridine rings is 1. The monoisotopic (exact) mass is 223 g/mol. The van der Waals surface area contributed by atoms with Crippen molar-refractivity contribution in [2.75, 3.05) is 18.4 Å². The summed E-state index contributed by atoms with van der Waals surface area (Å²) in [5.41, 5.74) is 0.492. The summed E-state index contributed by atoms with van der Waals surface area (Å²) in [6.07, 6.45) is 8.05. The number of hydrogen-bond acceptors (Lipinski definition) is 3. The predicted molar refractivity (Wildman–Crippen MR) is 59.6 cm³/mol. The first-order chi connectivity index (χ1) is 7.24. The van der Waals surface area contributed by atoms with E-state index >= 15 is 0 Å². The highest BCUT2D eigenvalue weighted by molar-refractivity contribution is 6.33. The smallest absolute Gasteiger partial charge is 0.238 e. The molecular formula is C10H10ClN3O. The van der Waals surface area contributed by atoms with Gasteiger partial charge in [-0.05, 0) is 6.07 Å². The molecule has 1 amide bonds. The number of terminal acetylenes is 1. The second-order valence-electron chi connectivity index (χ2n) is 2.71. The van der Waals surface area contributed by atoms with Gasteiger partial charge in [0.25, 0.3) is 0 Å². The maximum absolute atomic E-state index is 11.3. The summed E-state index contributed by atoms with van der Waals surface area (Å²) >= 11 is 5.82. The third-order valence-corrected chi connectivity index (χ3v) is 1.88. The zero-order valence-corrected chi connectivity index (χ0v) is 8.71. The van der Waals surface area contributed by atoms with Crippen LogP contribution in [-0.4, -0.2) is 24.0 Å². The molecule has 4 nitrogen and oxygen atoms in total. The first kappa shape index (κ1) is 11.5. The number of halogens is 1. The fraction of sp³-hybridized carbons (Fsp3) is 0.200. The van der Waals surface area contributed by atoms with Crippen LogP contribution in [0.4, 0.5) is 5.69 Å². The number of amides is 1. The molecule has 5 heteroatoms. The van der Waals surface area contributed by atoms with Crippen molar-refractivity contribution in [3.8, 4) is 12.3 Å². The molecule has 0 aromatic carbocycles. The summed E-state index contributed by atoms with van der Waals surface area (Å²) in [7, 11) is 0. The van der Waals surface area contributed by atoms with Gasteiger partial charge in [-0.1, -0.05) is 17.5 Å². The zero-order valence-electron chi connectivity index (χ0n) is 7.96. The van der Waals surface area contributed by atoms with Crippen LogP contribution in [0, 0.1) is 12.3 Å². The van der Waals surface area contributed by atoms with Gasteiger partial charge in [0.15, 0.2) is 0 Å². The molecule has 0 bridgehead atoms. The van der Waals surface area contributed by atoms with E-state index in [1.807, 2.05) is 0 Å². The van der Waals surface area contributed by atoms with E-state index in [2.05, 4.69) is 21.5 Å². The average Bonchev–Trinajstić information content (AvgIpc) is 2.22. The molecule has 1 heterocycles. The fourth-order valence-electron chi connectivity index (χ4n) is 0.912. The molecule has 78 valence electrons. The summed E-state index contributed by atoms with van der Waals surface area (Å²) < 4.78 is 0. The second kappa shape index (κ2) is 6.02. The van der Waals surface area contributed by atoms with Crippen LogP contribution in [0.2, 0.25) is 5.02 Å². The summed E-state index contributed by atoms with van der Waals surface area (Å²) in [6, 6.07) is 1.60. The van der Waals surface area contributed by atoms with Crippen LogP contribution in [-0.2, 0) is 4.79 Å². The number of nitrogens with zero attached hydrogens (tertiary/aromatic N) is 1. The van der Waals surface area contributed by atoms with Gasteiger partial charge in [0.05, 0.1) is 30.0 Å². The van der Waals surface area contributed by atoms with Crippen molar-refractivity contribution in [3.05, 3.63) is 23.5 Å². The molecule has 0 radical (unpaired) electrons. The van der Waals surface area contributed by atoms with Crippen LogP contribution in [0.5, 0.6) is 0 Å². The third kappa shape index (κ3) is 3.98. The van der Waals surface area contributed by atoms with Crippen LogP contribution >= 0.6 is 11.6 Å². The Morgan fingerprint density at radius 1 is 1.67 bits per heavy atom. The number of anilines is 1. The molecule has 0 atom stereocenters. The lowest BCUT2D eigenvalue weighted by Crippen LogP contribution is -2.28. The van der Waals surface area contributed by atoms with E-state index in [0.29, 0.717) is 17.3 Å². The number of carbonyl (C=O) groups is 1. The molecule has 0 saturated carbocycles. The summed E-state index contributed by atoms with van der Waals surface area (Å²) in [6.45, 7) is 0.504. The number of aromatic nitrogens is 1. The second-order valence-corrected chi connectivity index (χ2v) is 3.12. The zero-order chi connectivity index (χ0) is 11.1. The molecule has 1 aromatic rings. The number of nitrogens with one attached hydrogen (secondary N) is 2. The molecule has 0 spiro atoms. The Morgan fingerprint density at radius 2 is 2.47 bits per heavy atom. The minimum atomic E-state index is -0.208. The summed E-state index contributed by atoms with van der Waals surface area (Å²) in [5, 5.41) is 5.82. The van der Waals surface area contributed by atoms with Crippen molar-refractivity contribution in [2.24, 2.45) is 0 Å². The highest BCUT2D eigenvalue weighted by Gasteiger charge is 2.04. The van der Waals surface area contributed by atoms with E-state index in [9.17, 15) is 4.79 Å². The molecule has 0 fully saturated rings. The lowest BCUT2D eigenvalue weighted by Gasteiger charge is -2.05. The SMILES string of the molecule is C#CCNCC(=O)Nc1cnccc1Cl. The minimum absolute atomic E-state index is 0.148. The minimum Gasteiger partial charge on any atom is -0.322 e. The standard InChI is InChI=1S/C10H10ClN3O/c1-2-4-12-7-10(15)14-9-6-13-5-3-8(9)11/h1,3,5-6,12H,4,7H2,(H,14,15). The summed E-state index contributed by atoms with van der Waals surface area (Å²) in [5.74, 6) is 2.16. The molecule has 0 aliphatic carbocycles. The van der Waals surface area contributed by atoms with Crippen LogP contribution < -0.4 is 10.6 Å². The Balaban J connectivity index is 2.45. The van der Waals surface area contributed by atoms with Crippen molar-refractivity contribution < 1.29 is 4.79 Å². The van der Waals surface area contributed by atoms with Gasteiger partial charge in [-0.3, -0.25) is 15.1 Å². The molecule has 15 heavy (non-hydrogen) atoms. The first-order valence-electron chi connectivity index (χ1n) is 4.27. The van der Waals surface area contributed by atoms with Gasteiger partial charge in [0.2, 0.25) is 5.91 Å². The third-order valence-electron chi connectivity index (χ3n) is 1.55. The quantitative estimate of drug-likeness (QED) is 0.589. The molecule has 0 unspecified atom stereocenters. The van der Waals surface area contributed by atoms with Crippen molar-refractivity contribution in [1.29, 1.82) is 0 Å². The molecule has 2 N–H and O–H groups in total. The highest BCUT2D eigenvalue weighted by Crippen LogP contribution is 2.18. The van der Waals surface area contributed by atoms with Crippen molar-refractivity contribution in [2.45, 2.75) is 0 Å². The lowest BCUT2D eigenvalue weighted by atomic mass is 10.4. The Bertz CT molecular complexity index is 386. The molecule has 1 aromatic heterocycles. The van der Waals surface area contributed by atoms with Crippen molar-refractivity contribution in [1.82, 2.24) is 10.3 Å². The van der Waals surface area contributed by atoms with E-state index < -0.39 is 0 Å². The van der Waals surface area contributed by atoms with Gasteiger partial charge in [-0.2, -0.15) is 0 Å². The fourth-order valence-corrected chi connectivity index (χ4v) is 1.06. The average molecular weight is 224 g/mol. The van der Waals surface area contributed by atoms with Crippen LogP contribution in [0.1, 0.15) is 0 Å². The Morgan fingerprint density at radius 3 is 3.13 bits per heavy atom. The normalized spacial score (nSPS) is 9.33. The maximum atomic E-state index is 11.3. The molecule has 1 rings (SSSR count). The molecule has 0 aliphatic heterocycles. The Labute approximate surface area is 93.0 Å². The van der Waals surface area contributed by atoms with Gasteiger partial charge < -0.3 is 5.32 Å². The lowest BCUT2D eigenvalue weighted by molar-refractivity contribution is -0.115. The Hall–Kier alpha value is -1.57. The molecular weight excluding hydrogens is 214 g/mol. The van der Waals surface area contributed by atoms with E-state index in [1.54, 1.807) is 12.3 Å². The van der Waals surface area contributed by atoms with Crippen molar-refractivity contribution >= 4 is 23.2 Å². The molecule has 0 saturated heterocycles. The van der Waals surface area contributed by atoms with Gasteiger partial charge in [-0.25, -0.2) is 0 Å². The number of rotatable bonds is 4. The molecule has 0 aliphatic rings. The van der Waals surface area contributed by atoms with Gasteiger partial charge in [0.1, 0.15) is 0 Å². The van der Waals surface area contributed by atoms with Crippen LogP contribution in [0.3, 0.4) is 0 Å². The first-order valence-corrected chi connectivity index (χ1v) is 4.65. The van der Waals surface area contributed by atoms with Crippen molar-refractivity contribution in [3.63, 3.8) is 0 Å². The summed E-state index contributed by atoms with van der Waals surface area (Å²) in [4.78, 5) is 15.2.